The molecule has 1 atom stereocenters. The molecule has 1 aromatic carbocycles. The number of sulfone groups is 1. The number of pyridine rings is 1. The van der Waals surface area contributed by atoms with Crippen LogP contribution in [0.2, 0.25) is 0 Å². The van der Waals surface area contributed by atoms with Gasteiger partial charge in [0.1, 0.15) is 5.82 Å². The Morgan fingerprint density at radius 3 is 2.48 bits per heavy atom. The molecule has 3 heterocycles. The van der Waals surface area contributed by atoms with Crippen molar-refractivity contribution >= 4 is 21.6 Å². The molecule has 0 N–H and O–H groups in total. The minimum atomic E-state index is -3.07. The van der Waals surface area contributed by atoms with Crippen LogP contribution in [0.3, 0.4) is 0 Å². The van der Waals surface area contributed by atoms with Gasteiger partial charge in [-0.05, 0) is 36.5 Å². The molecule has 0 radical (unpaired) electrons. The van der Waals surface area contributed by atoms with E-state index < -0.39 is 9.84 Å². The smallest absolute Gasteiger partial charge is 0.230 e. The third-order valence-electron chi connectivity index (χ3n) is 6.03. The molecule has 0 aliphatic carbocycles. The Labute approximate surface area is 172 Å². The van der Waals surface area contributed by atoms with Crippen molar-refractivity contribution in [1.82, 2.24) is 9.88 Å². The summed E-state index contributed by atoms with van der Waals surface area (Å²) in [6.45, 7) is 3.08. The first-order valence-electron chi connectivity index (χ1n) is 10.1. The number of carbonyl (C=O) groups is 1. The van der Waals surface area contributed by atoms with Crippen molar-refractivity contribution in [2.75, 3.05) is 37.3 Å². The summed E-state index contributed by atoms with van der Waals surface area (Å²) in [5, 5.41) is 0. The molecule has 0 bridgehead atoms. The molecule has 2 aliphatic rings. The quantitative estimate of drug-likeness (QED) is 0.727. The number of anilines is 1. The summed E-state index contributed by atoms with van der Waals surface area (Å²) in [5.41, 5.74) is 1.64. The molecular formula is C22H27N3O3S. The average molecular weight is 414 g/mol. The molecule has 2 saturated heterocycles. The van der Waals surface area contributed by atoms with Crippen LogP contribution in [-0.4, -0.2) is 56.6 Å². The standard InChI is InChI=1S/C22H27N3O3S/c1-29(27,28)16-19-7-8-20(23-15-19)25-14-11-22(17-25)10-13-24(21(22)26)12-9-18-5-3-2-4-6-18/h2-8,15H,9-14,16-17H2,1H3. The summed E-state index contributed by atoms with van der Waals surface area (Å²) < 4.78 is 22.9. The Morgan fingerprint density at radius 2 is 1.79 bits per heavy atom. The van der Waals surface area contributed by atoms with E-state index in [9.17, 15) is 13.2 Å². The molecule has 6 nitrogen and oxygen atoms in total. The van der Waals surface area contributed by atoms with Crippen LogP contribution in [0.15, 0.2) is 48.7 Å². The summed E-state index contributed by atoms with van der Waals surface area (Å²) in [4.78, 5) is 21.8. The molecule has 7 heteroatoms. The first kappa shape index (κ1) is 19.9. The van der Waals surface area contributed by atoms with Crippen molar-refractivity contribution in [2.24, 2.45) is 5.41 Å². The van der Waals surface area contributed by atoms with Gasteiger partial charge in [0.15, 0.2) is 9.84 Å². The van der Waals surface area contributed by atoms with Gasteiger partial charge in [0.2, 0.25) is 5.91 Å². The second-order valence-corrected chi connectivity index (χ2v) is 10.5. The number of amides is 1. The van der Waals surface area contributed by atoms with Gasteiger partial charge in [-0.25, -0.2) is 13.4 Å². The second-order valence-electron chi connectivity index (χ2n) is 8.32. The van der Waals surface area contributed by atoms with Crippen molar-refractivity contribution in [3.05, 3.63) is 59.8 Å². The summed E-state index contributed by atoms with van der Waals surface area (Å²) in [7, 11) is -3.07. The van der Waals surface area contributed by atoms with E-state index in [1.807, 2.05) is 35.2 Å². The first-order valence-corrected chi connectivity index (χ1v) is 12.1. The lowest BCUT2D eigenvalue weighted by Gasteiger charge is -2.24. The lowest BCUT2D eigenvalue weighted by Crippen LogP contribution is -2.37. The van der Waals surface area contributed by atoms with Crippen molar-refractivity contribution in [2.45, 2.75) is 25.0 Å². The monoisotopic (exact) mass is 413 g/mol. The van der Waals surface area contributed by atoms with E-state index >= 15 is 0 Å². The van der Waals surface area contributed by atoms with Crippen LogP contribution in [0.1, 0.15) is 24.0 Å². The molecule has 1 unspecified atom stereocenters. The molecule has 154 valence electrons. The molecule has 4 rings (SSSR count). The van der Waals surface area contributed by atoms with Gasteiger partial charge in [-0.1, -0.05) is 36.4 Å². The van der Waals surface area contributed by atoms with Crippen LogP contribution in [0.4, 0.5) is 5.82 Å². The third-order valence-corrected chi connectivity index (χ3v) is 6.89. The molecule has 2 fully saturated rings. The topological polar surface area (TPSA) is 70.6 Å². The fourth-order valence-corrected chi connectivity index (χ4v) is 5.23. The van der Waals surface area contributed by atoms with Gasteiger partial charge in [0, 0.05) is 38.6 Å². The van der Waals surface area contributed by atoms with Crippen LogP contribution < -0.4 is 4.90 Å². The molecule has 1 amide bonds. The van der Waals surface area contributed by atoms with Gasteiger partial charge in [0.05, 0.1) is 11.2 Å². The van der Waals surface area contributed by atoms with Crippen LogP contribution >= 0.6 is 0 Å². The molecular weight excluding hydrogens is 386 g/mol. The predicted molar refractivity (Wildman–Crippen MR) is 113 cm³/mol. The van der Waals surface area contributed by atoms with E-state index in [1.165, 1.54) is 11.8 Å². The van der Waals surface area contributed by atoms with E-state index in [2.05, 4.69) is 22.0 Å². The predicted octanol–water partition coefficient (Wildman–Crippen LogP) is 2.30. The summed E-state index contributed by atoms with van der Waals surface area (Å²) in [6.07, 6.45) is 5.48. The van der Waals surface area contributed by atoms with Crippen molar-refractivity contribution in [3.63, 3.8) is 0 Å². The normalized spacial score (nSPS) is 22.0. The van der Waals surface area contributed by atoms with Crippen molar-refractivity contribution in [1.29, 1.82) is 0 Å². The summed E-state index contributed by atoms with van der Waals surface area (Å²) in [6, 6.07) is 14.0. The Balaban J connectivity index is 1.38. The lowest BCUT2D eigenvalue weighted by molar-refractivity contribution is -0.135. The van der Waals surface area contributed by atoms with Crippen LogP contribution in [-0.2, 0) is 26.8 Å². The third kappa shape index (κ3) is 4.45. The molecule has 1 aromatic heterocycles. The average Bonchev–Trinajstić information content (AvgIpc) is 3.26. The SMILES string of the molecule is CS(=O)(=O)Cc1ccc(N2CCC3(CCN(CCc4ccccc4)C3=O)C2)nc1. The molecule has 2 aromatic rings. The Morgan fingerprint density at radius 1 is 1.03 bits per heavy atom. The molecule has 2 aliphatic heterocycles. The zero-order valence-electron chi connectivity index (χ0n) is 16.8. The summed E-state index contributed by atoms with van der Waals surface area (Å²) >= 11 is 0. The van der Waals surface area contributed by atoms with E-state index in [0.29, 0.717) is 12.1 Å². The van der Waals surface area contributed by atoms with Crippen LogP contribution in [0.25, 0.3) is 0 Å². The fraction of sp³-hybridized carbons (Fsp3) is 0.455. The number of nitrogens with zero attached hydrogens (tertiary/aromatic N) is 3. The highest BCUT2D eigenvalue weighted by Gasteiger charge is 2.50. The maximum absolute atomic E-state index is 13.2. The maximum Gasteiger partial charge on any atom is 0.230 e. The van der Waals surface area contributed by atoms with Gasteiger partial charge in [-0.3, -0.25) is 4.79 Å². The Hall–Kier alpha value is -2.41. The molecule has 29 heavy (non-hydrogen) atoms. The number of hydrogen-bond acceptors (Lipinski definition) is 5. The highest BCUT2D eigenvalue weighted by Crippen LogP contribution is 2.41. The molecule has 1 spiro atoms. The minimum absolute atomic E-state index is 0.000915. The van der Waals surface area contributed by atoms with E-state index in [0.717, 1.165) is 44.7 Å². The van der Waals surface area contributed by atoms with Crippen molar-refractivity contribution < 1.29 is 13.2 Å². The maximum atomic E-state index is 13.2. The second kappa shape index (κ2) is 7.78. The number of benzene rings is 1. The highest BCUT2D eigenvalue weighted by atomic mass is 32.2. The number of likely N-dealkylation sites (tertiary alicyclic amines) is 1. The van der Waals surface area contributed by atoms with Crippen LogP contribution in [0.5, 0.6) is 0 Å². The van der Waals surface area contributed by atoms with E-state index in [4.69, 9.17) is 0 Å². The number of aromatic nitrogens is 1. The lowest BCUT2D eigenvalue weighted by atomic mass is 9.85. The number of carbonyl (C=O) groups excluding carboxylic acids is 1. The van der Waals surface area contributed by atoms with Gasteiger partial charge in [0.25, 0.3) is 0 Å². The van der Waals surface area contributed by atoms with Gasteiger partial charge in [-0.2, -0.15) is 0 Å². The number of rotatable bonds is 6. The highest BCUT2D eigenvalue weighted by molar-refractivity contribution is 7.89. The van der Waals surface area contributed by atoms with E-state index in [1.54, 1.807) is 6.20 Å². The Kier molecular flexibility index (Phi) is 5.34. The van der Waals surface area contributed by atoms with E-state index in [-0.39, 0.29) is 17.1 Å². The van der Waals surface area contributed by atoms with Gasteiger partial charge < -0.3 is 9.80 Å². The minimum Gasteiger partial charge on any atom is -0.356 e. The molecule has 0 saturated carbocycles. The largest absolute Gasteiger partial charge is 0.356 e. The zero-order chi connectivity index (χ0) is 20.5. The zero-order valence-corrected chi connectivity index (χ0v) is 17.6. The van der Waals surface area contributed by atoms with Gasteiger partial charge >= 0.3 is 0 Å². The number of hydrogen-bond donors (Lipinski definition) is 0. The van der Waals surface area contributed by atoms with Crippen LogP contribution in [0, 0.1) is 5.41 Å². The van der Waals surface area contributed by atoms with Gasteiger partial charge in [-0.15, -0.1) is 0 Å². The van der Waals surface area contributed by atoms with Crippen molar-refractivity contribution in [3.8, 4) is 0 Å². The fourth-order valence-electron chi connectivity index (χ4n) is 4.45. The first-order chi connectivity index (χ1) is 13.8. The Bertz CT molecular complexity index is 976. The summed E-state index contributed by atoms with van der Waals surface area (Å²) in [5.74, 6) is 1.08.